The number of fused-ring (bicyclic) bond motifs is 3. The van der Waals surface area contributed by atoms with Crippen molar-refractivity contribution in [3.8, 4) is 0 Å². The molecule has 2 heterocycles. The Morgan fingerprint density at radius 2 is 2.05 bits per heavy atom. The van der Waals surface area contributed by atoms with Crippen LogP contribution < -0.4 is 5.73 Å². The van der Waals surface area contributed by atoms with Gasteiger partial charge in [-0.3, -0.25) is 4.98 Å². The zero-order valence-corrected chi connectivity index (χ0v) is 11.1. The highest BCUT2D eigenvalue weighted by atomic mass is 14.9. The fraction of sp³-hybridized carbons (Fsp3) is 0.176. The summed E-state index contributed by atoms with van der Waals surface area (Å²) >= 11 is 0. The Kier molecular flexibility index (Phi) is 2.46. The van der Waals surface area contributed by atoms with E-state index in [1.54, 1.807) is 6.20 Å². The second-order valence-corrected chi connectivity index (χ2v) is 5.37. The smallest absolute Gasteiger partial charge is 0.150 e. The van der Waals surface area contributed by atoms with Crippen molar-refractivity contribution >= 4 is 33.7 Å². The molecule has 98 valence electrons. The van der Waals surface area contributed by atoms with Crippen molar-refractivity contribution in [2.75, 3.05) is 5.73 Å². The second kappa shape index (κ2) is 4.30. The van der Waals surface area contributed by atoms with Crippen LogP contribution >= 0.6 is 0 Å². The van der Waals surface area contributed by atoms with Gasteiger partial charge < -0.3 is 5.73 Å². The van der Waals surface area contributed by atoms with Crippen LogP contribution in [0.3, 0.4) is 0 Å². The molecule has 0 spiro atoms. The van der Waals surface area contributed by atoms with Crippen LogP contribution in [0.1, 0.15) is 18.4 Å². The van der Waals surface area contributed by atoms with E-state index in [9.17, 15) is 0 Å². The van der Waals surface area contributed by atoms with Crippen LogP contribution in [0.25, 0.3) is 27.9 Å². The van der Waals surface area contributed by atoms with Crippen LogP contribution in [-0.2, 0) is 0 Å². The molecular weight excluding hydrogens is 246 g/mol. The number of hydrogen-bond acceptors (Lipinski definition) is 3. The van der Waals surface area contributed by atoms with Gasteiger partial charge in [0, 0.05) is 17.0 Å². The van der Waals surface area contributed by atoms with Crippen LogP contribution in [0.2, 0.25) is 0 Å². The molecule has 20 heavy (non-hydrogen) atoms. The number of rotatable bonds is 2. The zero-order chi connectivity index (χ0) is 13.5. The van der Waals surface area contributed by atoms with Gasteiger partial charge in [0.2, 0.25) is 0 Å². The molecule has 0 bridgehead atoms. The van der Waals surface area contributed by atoms with Crippen LogP contribution in [0.15, 0.2) is 42.6 Å². The van der Waals surface area contributed by atoms with Gasteiger partial charge in [0.1, 0.15) is 5.52 Å². The summed E-state index contributed by atoms with van der Waals surface area (Å²) in [6.45, 7) is 0. The largest absolute Gasteiger partial charge is 0.382 e. The minimum absolute atomic E-state index is 0.497. The molecule has 1 saturated carbocycles. The lowest BCUT2D eigenvalue weighted by Crippen LogP contribution is -1.95. The standard InChI is InChI=1S/C17H15N3/c18-17-16-14(2-1-9-19-16)13-8-7-12(10-15(13)20-17)6-5-11-3-4-11/h1-2,5-11H,3-4H2,(H2,18,20). The van der Waals surface area contributed by atoms with Crippen molar-refractivity contribution in [2.24, 2.45) is 5.92 Å². The first kappa shape index (κ1) is 11.4. The molecular formula is C17H15N3. The maximum absolute atomic E-state index is 6.01. The van der Waals surface area contributed by atoms with Crippen LogP contribution in [0, 0.1) is 5.92 Å². The van der Waals surface area contributed by atoms with Gasteiger partial charge in [-0.25, -0.2) is 4.98 Å². The number of benzene rings is 1. The zero-order valence-electron chi connectivity index (χ0n) is 11.1. The molecule has 2 aromatic heterocycles. The van der Waals surface area contributed by atoms with Gasteiger partial charge in [-0.1, -0.05) is 30.4 Å². The Labute approximate surface area is 117 Å². The average molecular weight is 261 g/mol. The first-order valence-electron chi connectivity index (χ1n) is 6.93. The summed E-state index contributed by atoms with van der Waals surface area (Å²) in [5, 5.41) is 2.17. The molecule has 1 aliphatic rings. The Morgan fingerprint density at radius 3 is 2.90 bits per heavy atom. The normalized spacial score (nSPS) is 15.4. The van der Waals surface area contributed by atoms with Crippen LogP contribution in [0.4, 0.5) is 5.82 Å². The number of nitrogens with zero attached hydrogens (tertiary/aromatic N) is 2. The third kappa shape index (κ3) is 1.92. The van der Waals surface area contributed by atoms with Crippen molar-refractivity contribution in [3.05, 3.63) is 48.2 Å². The molecule has 1 aliphatic carbocycles. The first-order chi connectivity index (χ1) is 9.81. The minimum atomic E-state index is 0.497. The van der Waals surface area contributed by atoms with Crippen molar-refractivity contribution in [1.82, 2.24) is 9.97 Å². The van der Waals surface area contributed by atoms with E-state index in [4.69, 9.17) is 5.73 Å². The van der Waals surface area contributed by atoms with Gasteiger partial charge in [0.05, 0.1) is 5.52 Å². The quantitative estimate of drug-likeness (QED) is 0.714. The molecule has 0 amide bonds. The number of anilines is 1. The third-order valence-electron chi connectivity index (χ3n) is 3.79. The number of allylic oxidation sites excluding steroid dienone is 1. The third-order valence-corrected chi connectivity index (χ3v) is 3.79. The lowest BCUT2D eigenvalue weighted by Gasteiger charge is -2.06. The number of aromatic nitrogens is 2. The van der Waals surface area contributed by atoms with Crippen molar-refractivity contribution in [3.63, 3.8) is 0 Å². The summed E-state index contributed by atoms with van der Waals surface area (Å²) in [6.07, 6.45) is 8.87. The van der Waals surface area contributed by atoms with Gasteiger partial charge in [0.15, 0.2) is 5.82 Å². The molecule has 3 heteroatoms. The summed E-state index contributed by atoms with van der Waals surface area (Å²) in [7, 11) is 0. The maximum atomic E-state index is 6.01. The number of nitrogen functional groups attached to an aromatic ring is 1. The summed E-state index contributed by atoms with van der Waals surface area (Å²) in [4.78, 5) is 8.81. The lowest BCUT2D eigenvalue weighted by atomic mass is 10.1. The molecule has 1 aromatic carbocycles. The monoisotopic (exact) mass is 261 g/mol. The fourth-order valence-corrected chi connectivity index (χ4v) is 2.52. The Morgan fingerprint density at radius 1 is 1.15 bits per heavy atom. The Bertz CT molecular complexity index is 832. The molecule has 0 atom stereocenters. The molecule has 1 fully saturated rings. The van der Waals surface area contributed by atoms with Crippen molar-refractivity contribution < 1.29 is 0 Å². The van der Waals surface area contributed by atoms with Gasteiger partial charge in [-0.15, -0.1) is 0 Å². The van der Waals surface area contributed by atoms with Crippen molar-refractivity contribution in [2.45, 2.75) is 12.8 Å². The average Bonchev–Trinajstić information content (AvgIpc) is 3.29. The van der Waals surface area contributed by atoms with E-state index in [-0.39, 0.29) is 0 Å². The van der Waals surface area contributed by atoms with E-state index in [1.807, 2.05) is 12.1 Å². The Hall–Kier alpha value is -2.42. The molecule has 0 saturated heterocycles. The molecule has 0 radical (unpaired) electrons. The molecule has 0 aliphatic heterocycles. The molecule has 3 nitrogen and oxygen atoms in total. The fourth-order valence-electron chi connectivity index (χ4n) is 2.52. The number of pyridine rings is 2. The Balaban J connectivity index is 1.91. The van der Waals surface area contributed by atoms with Crippen molar-refractivity contribution in [1.29, 1.82) is 0 Å². The van der Waals surface area contributed by atoms with Gasteiger partial charge in [0.25, 0.3) is 0 Å². The lowest BCUT2D eigenvalue weighted by molar-refractivity contribution is 1.13. The summed E-state index contributed by atoms with van der Waals surface area (Å²) in [5.74, 6) is 1.28. The van der Waals surface area contributed by atoms with Gasteiger partial charge >= 0.3 is 0 Å². The molecule has 2 N–H and O–H groups in total. The molecule has 4 rings (SSSR count). The van der Waals surface area contributed by atoms with E-state index >= 15 is 0 Å². The molecule has 0 unspecified atom stereocenters. The summed E-state index contributed by atoms with van der Waals surface area (Å²) in [6, 6.07) is 10.3. The highest BCUT2D eigenvalue weighted by molar-refractivity contribution is 6.08. The second-order valence-electron chi connectivity index (χ2n) is 5.37. The predicted octanol–water partition coefficient (Wildman–Crippen LogP) is 3.79. The number of hydrogen-bond donors (Lipinski definition) is 1. The van der Waals surface area contributed by atoms with E-state index in [0.29, 0.717) is 5.82 Å². The highest BCUT2D eigenvalue weighted by Gasteiger charge is 2.17. The van der Waals surface area contributed by atoms with E-state index < -0.39 is 0 Å². The SMILES string of the molecule is Nc1nc2cc(C=CC3CC3)ccc2c2cccnc12. The van der Waals surface area contributed by atoms with Crippen LogP contribution in [-0.4, -0.2) is 9.97 Å². The maximum Gasteiger partial charge on any atom is 0.150 e. The predicted molar refractivity (Wildman–Crippen MR) is 83.2 cm³/mol. The van der Waals surface area contributed by atoms with Gasteiger partial charge in [-0.2, -0.15) is 0 Å². The van der Waals surface area contributed by atoms with E-state index in [1.165, 1.54) is 18.4 Å². The summed E-state index contributed by atoms with van der Waals surface area (Å²) < 4.78 is 0. The first-order valence-corrected chi connectivity index (χ1v) is 6.93. The topological polar surface area (TPSA) is 51.8 Å². The molecule has 3 aromatic rings. The number of nitrogens with two attached hydrogens (primary N) is 1. The summed E-state index contributed by atoms with van der Waals surface area (Å²) in [5.41, 5.74) is 8.90. The van der Waals surface area contributed by atoms with E-state index in [0.717, 1.165) is 27.7 Å². The van der Waals surface area contributed by atoms with Gasteiger partial charge in [-0.05, 0) is 36.5 Å². The highest BCUT2D eigenvalue weighted by Crippen LogP contribution is 2.31. The van der Waals surface area contributed by atoms with E-state index in [2.05, 4.69) is 40.3 Å². The minimum Gasteiger partial charge on any atom is -0.382 e. The van der Waals surface area contributed by atoms with Crippen LogP contribution in [0.5, 0.6) is 0 Å².